The zero-order valence-electron chi connectivity index (χ0n) is 10.2. The molecule has 2 rings (SSSR count). The topological polar surface area (TPSA) is 32.3 Å². The summed E-state index contributed by atoms with van der Waals surface area (Å²) in [5.74, 6) is 0.311. The summed E-state index contributed by atoms with van der Waals surface area (Å²) in [5.41, 5.74) is 0. The van der Waals surface area contributed by atoms with E-state index >= 15 is 0 Å². The Morgan fingerprint density at radius 1 is 1.35 bits per heavy atom. The number of likely N-dealkylation sites (tertiary alicyclic amines) is 1. The van der Waals surface area contributed by atoms with E-state index in [1.165, 1.54) is 17.7 Å². The standard InChI is InChI=1S/C13H20N2OS/c16-13(15-9-1-2-10-15)6-8-14-7-5-12-4-3-11-17-12/h3-4,11,14H,1-2,5-10H2. The second-order valence-corrected chi connectivity index (χ2v) is 5.45. The van der Waals surface area contributed by atoms with E-state index in [2.05, 4.69) is 22.8 Å². The summed E-state index contributed by atoms with van der Waals surface area (Å²) >= 11 is 1.79. The first-order valence-corrected chi connectivity index (χ1v) is 7.25. The Morgan fingerprint density at radius 2 is 2.18 bits per heavy atom. The highest BCUT2D eigenvalue weighted by atomic mass is 32.1. The molecule has 0 saturated carbocycles. The van der Waals surface area contributed by atoms with Gasteiger partial charge in [0.15, 0.2) is 0 Å². The Bertz CT molecular complexity index is 331. The minimum Gasteiger partial charge on any atom is -0.343 e. The molecule has 0 aliphatic carbocycles. The third-order valence-electron chi connectivity index (χ3n) is 3.10. The van der Waals surface area contributed by atoms with Gasteiger partial charge in [-0.25, -0.2) is 0 Å². The summed E-state index contributed by atoms with van der Waals surface area (Å²) in [6.07, 6.45) is 4.06. The number of thiophene rings is 1. The molecule has 94 valence electrons. The van der Waals surface area contributed by atoms with E-state index in [0.717, 1.165) is 32.6 Å². The van der Waals surface area contributed by atoms with E-state index in [0.29, 0.717) is 12.3 Å². The first kappa shape index (κ1) is 12.6. The van der Waals surface area contributed by atoms with Crippen LogP contribution in [0.2, 0.25) is 0 Å². The Hall–Kier alpha value is -0.870. The maximum atomic E-state index is 11.7. The molecule has 0 aromatic carbocycles. The zero-order valence-corrected chi connectivity index (χ0v) is 11.0. The number of hydrogen-bond acceptors (Lipinski definition) is 3. The van der Waals surface area contributed by atoms with Crippen LogP contribution in [0.25, 0.3) is 0 Å². The third kappa shape index (κ3) is 4.13. The molecule has 1 amide bonds. The van der Waals surface area contributed by atoms with Crippen LogP contribution in [0, 0.1) is 0 Å². The number of carbonyl (C=O) groups excluding carboxylic acids is 1. The van der Waals surface area contributed by atoms with Crippen LogP contribution >= 0.6 is 11.3 Å². The molecule has 0 bridgehead atoms. The molecule has 4 heteroatoms. The molecule has 1 aromatic heterocycles. The molecule has 0 spiro atoms. The summed E-state index contributed by atoms with van der Waals surface area (Å²) in [4.78, 5) is 15.1. The van der Waals surface area contributed by atoms with Crippen molar-refractivity contribution in [2.45, 2.75) is 25.7 Å². The first-order chi connectivity index (χ1) is 8.36. The van der Waals surface area contributed by atoms with Crippen LogP contribution in [0.15, 0.2) is 17.5 Å². The highest BCUT2D eigenvalue weighted by molar-refractivity contribution is 7.09. The zero-order chi connectivity index (χ0) is 11.9. The van der Waals surface area contributed by atoms with Crippen LogP contribution in [-0.4, -0.2) is 37.0 Å². The largest absolute Gasteiger partial charge is 0.343 e. The fourth-order valence-corrected chi connectivity index (χ4v) is 2.82. The Balaban J connectivity index is 1.52. The molecular weight excluding hydrogens is 232 g/mol. The van der Waals surface area contributed by atoms with Crippen molar-refractivity contribution in [1.29, 1.82) is 0 Å². The molecule has 0 atom stereocenters. The maximum absolute atomic E-state index is 11.7. The molecule has 0 radical (unpaired) electrons. The molecule has 1 aromatic rings. The van der Waals surface area contributed by atoms with Crippen LogP contribution in [0.5, 0.6) is 0 Å². The SMILES string of the molecule is O=C(CCNCCc1cccs1)N1CCCC1. The highest BCUT2D eigenvalue weighted by Gasteiger charge is 2.16. The second kappa shape index (κ2) is 6.77. The summed E-state index contributed by atoms with van der Waals surface area (Å²) in [7, 11) is 0. The van der Waals surface area contributed by atoms with Gasteiger partial charge in [0.25, 0.3) is 0 Å². The minimum absolute atomic E-state index is 0.311. The van der Waals surface area contributed by atoms with Crippen LogP contribution in [0.3, 0.4) is 0 Å². The third-order valence-corrected chi connectivity index (χ3v) is 4.04. The molecule has 1 saturated heterocycles. The summed E-state index contributed by atoms with van der Waals surface area (Å²) < 4.78 is 0. The average Bonchev–Trinajstić information content (AvgIpc) is 3.01. The lowest BCUT2D eigenvalue weighted by Crippen LogP contribution is -2.31. The van der Waals surface area contributed by atoms with Crippen molar-refractivity contribution in [2.24, 2.45) is 0 Å². The van der Waals surface area contributed by atoms with Gasteiger partial charge in [0, 0.05) is 30.9 Å². The number of rotatable bonds is 6. The van der Waals surface area contributed by atoms with E-state index in [-0.39, 0.29) is 0 Å². The maximum Gasteiger partial charge on any atom is 0.223 e. The van der Waals surface area contributed by atoms with Gasteiger partial charge in [0.1, 0.15) is 0 Å². The predicted molar refractivity (Wildman–Crippen MR) is 71.3 cm³/mol. The van der Waals surface area contributed by atoms with Gasteiger partial charge >= 0.3 is 0 Å². The number of hydrogen-bond donors (Lipinski definition) is 1. The summed E-state index contributed by atoms with van der Waals surface area (Å²) in [6.45, 7) is 3.70. The Labute approximate surface area is 107 Å². The van der Waals surface area contributed by atoms with Crippen LogP contribution < -0.4 is 5.32 Å². The van der Waals surface area contributed by atoms with Crippen molar-refractivity contribution < 1.29 is 4.79 Å². The van der Waals surface area contributed by atoms with Crippen LogP contribution in [0.4, 0.5) is 0 Å². The lowest BCUT2D eigenvalue weighted by molar-refractivity contribution is -0.130. The van der Waals surface area contributed by atoms with Gasteiger partial charge < -0.3 is 10.2 Å². The van der Waals surface area contributed by atoms with Crippen molar-refractivity contribution >= 4 is 17.2 Å². The van der Waals surface area contributed by atoms with Gasteiger partial charge in [0.2, 0.25) is 5.91 Å². The van der Waals surface area contributed by atoms with E-state index in [1.54, 1.807) is 11.3 Å². The molecule has 0 unspecified atom stereocenters. The molecule has 1 fully saturated rings. The van der Waals surface area contributed by atoms with Crippen LogP contribution in [-0.2, 0) is 11.2 Å². The van der Waals surface area contributed by atoms with E-state index in [9.17, 15) is 4.79 Å². The fraction of sp³-hybridized carbons (Fsp3) is 0.615. The lowest BCUT2D eigenvalue weighted by atomic mass is 10.3. The number of nitrogens with zero attached hydrogens (tertiary/aromatic N) is 1. The smallest absolute Gasteiger partial charge is 0.223 e. The first-order valence-electron chi connectivity index (χ1n) is 6.37. The van der Waals surface area contributed by atoms with Crippen LogP contribution in [0.1, 0.15) is 24.1 Å². The predicted octanol–water partition coefficient (Wildman–Crippen LogP) is 1.89. The van der Waals surface area contributed by atoms with Crippen molar-refractivity contribution in [3.05, 3.63) is 22.4 Å². The van der Waals surface area contributed by atoms with E-state index < -0.39 is 0 Å². The van der Waals surface area contributed by atoms with E-state index in [1.807, 2.05) is 4.90 Å². The Kier molecular flexibility index (Phi) is 5.01. The van der Waals surface area contributed by atoms with Crippen molar-refractivity contribution in [1.82, 2.24) is 10.2 Å². The number of carbonyl (C=O) groups is 1. The van der Waals surface area contributed by atoms with Gasteiger partial charge in [-0.05, 0) is 37.3 Å². The number of amides is 1. The molecule has 1 aliphatic heterocycles. The molecule has 3 nitrogen and oxygen atoms in total. The molecule has 1 aliphatic rings. The molecule has 17 heavy (non-hydrogen) atoms. The molecule has 2 heterocycles. The van der Waals surface area contributed by atoms with E-state index in [4.69, 9.17) is 0 Å². The summed E-state index contributed by atoms with van der Waals surface area (Å²) in [5, 5.41) is 5.44. The van der Waals surface area contributed by atoms with Crippen molar-refractivity contribution in [2.75, 3.05) is 26.2 Å². The minimum atomic E-state index is 0.311. The molecular formula is C13H20N2OS. The van der Waals surface area contributed by atoms with Gasteiger partial charge in [-0.15, -0.1) is 11.3 Å². The molecule has 1 N–H and O–H groups in total. The summed E-state index contributed by atoms with van der Waals surface area (Å²) in [6, 6.07) is 4.23. The average molecular weight is 252 g/mol. The second-order valence-electron chi connectivity index (χ2n) is 4.42. The quantitative estimate of drug-likeness (QED) is 0.784. The highest BCUT2D eigenvalue weighted by Crippen LogP contribution is 2.09. The monoisotopic (exact) mass is 252 g/mol. The Morgan fingerprint density at radius 3 is 2.88 bits per heavy atom. The van der Waals surface area contributed by atoms with Gasteiger partial charge in [-0.1, -0.05) is 6.07 Å². The fourth-order valence-electron chi connectivity index (χ4n) is 2.11. The van der Waals surface area contributed by atoms with Gasteiger partial charge in [-0.3, -0.25) is 4.79 Å². The van der Waals surface area contributed by atoms with Crippen molar-refractivity contribution in [3.8, 4) is 0 Å². The van der Waals surface area contributed by atoms with Gasteiger partial charge in [0.05, 0.1) is 0 Å². The lowest BCUT2D eigenvalue weighted by Gasteiger charge is -2.15. The van der Waals surface area contributed by atoms with Crippen molar-refractivity contribution in [3.63, 3.8) is 0 Å². The normalized spacial score (nSPS) is 15.4. The number of nitrogens with one attached hydrogen (secondary N) is 1. The van der Waals surface area contributed by atoms with Gasteiger partial charge in [-0.2, -0.15) is 0 Å².